The molecule has 1 aliphatic heterocycles. The van der Waals surface area contributed by atoms with Gasteiger partial charge in [0, 0.05) is 16.3 Å². The maximum atomic E-state index is 11.6. The molecule has 0 saturated heterocycles. The Labute approximate surface area is 101 Å². The zero-order chi connectivity index (χ0) is 11.7. The lowest BCUT2D eigenvalue weighted by atomic mass is 10.1. The number of aliphatic hydroxyl groups excluding tert-OH is 1. The first kappa shape index (κ1) is 11.4. The average Bonchev–Trinajstić information content (AvgIpc) is 2.66. The second-order valence-electron chi connectivity index (χ2n) is 3.19. The Hall–Kier alpha value is -1.04. The summed E-state index contributed by atoms with van der Waals surface area (Å²) in [6.07, 6.45) is -1.12. The SMILES string of the molecule is CCOC(=O)C1=C(Cl)c2cscc2N[C@@H]1O. The number of aliphatic hydroxyl groups is 1. The molecule has 6 heteroatoms. The summed E-state index contributed by atoms with van der Waals surface area (Å²) in [4.78, 5) is 11.6. The molecule has 0 saturated carbocycles. The molecule has 1 atom stereocenters. The molecule has 0 amide bonds. The van der Waals surface area contributed by atoms with Crippen molar-refractivity contribution in [2.75, 3.05) is 11.9 Å². The van der Waals surface area contributed by atoms with Crippen molar-refractivity contribution in [2.24, 2.45) is 0 Å². The molecule has 2 rings (SSSR count). The third-order valence-electron chi connectivity index (χ3n) is 2.20. The molecule has 0 fully saturated rings. The van der Waals surface area contributed by atoms with E-state index < -0.39 is 12.2 Å². The Bertz CT molecular complexity index is 455. The number of hydrogen-bond donors (Lipinski definition) is 2. The average molecular weight is 260 g/mol. The fourth-order valence-corrected chi connectivity index (χ4v) is 2.66. The molecule has 16 heavy (non-hydrogen) atoms. The summed E-state index contributed by atoms with van der Waals surface area (Å²) < 4.78 is 4.84. The summed E-state index contributed by atoms with van der Waals surface area (Å²) in [6, 6.07) is 0. The van der Waals surface area contributed by atoms with Gasteiger partial charge in [-0.05, 0) is 6.92 Å². The van der Waals surface area contributed by atoms with E-state index in [1.165, 1.54) is 11.3 Å². The highest BCUT2D eigenvalue weighted by Crippen LogP contribution is 2.38. The molecule has 1 aliphatic rings. The number of carbonyl (C=O) groups excluding carboxylic acids is 1. The highest BCUT2D eigenvalue weighted by molar-refractivity contribution is 7.08. The summed E-state index contributed by atoms with van der Waals surface area (Å²) in [5.41, 5.74) is 1.52. The van der Waals surface area contributed by atoms with Crippen molar-refractivity contribution in [3.05, 3.63) is 21.9 Å². The third kappa shape index (κ3) is 1.81. The molecule has 0 aliphatic carbocycles. The fraction of sp³-hybridized carbons (Fsp3) is 0.300. The van der Waals surface area contributed by atoms with E-state index in [1.54, 1.807) is 6.92 Å². The van der Waals surface area contributed by atoms with Crippen molar-refractivity contribution in [3.63, 3.8) is 0 Å². The number of nitrogens with one attached hydrogen (secondary N) is 1. The first-order chi connectivity index (χ1) is 7.65. The number of halogens is 1. The minimum Gasteiger partial charge on any atom is -0.462 e. The standard InChI is InChI=1S/C10H10ClNO3S/c1-2-15-10(14)7-8(11)5-3-16-4-6(5)12-9(7)13/h3-4,9,12-13H,2H2,1H3/t9-/m1/s1. The fourth-order valence-electron chi connectivity index (χ4n) is 1.47. The summed E-state index contributed by atoms with van der Waals surface area (Å²) in [6.45, 7) is 1.95. The number of ether oxygens (including phenoxy) is 1. The first-order valence-electron chi connectivity index (χ1n) is 4.73. The second kappa shape index (κ2) is 4.45. The Balaban J connectivity index is 2.43. The lowest BCUT2D eigenvalue weighted by Crippen LogP contribution is -2.30. The predicted molar refractivity (Wildman–Crippen MR) is 63.4 cm³/mol. The van der Waals surface area contributed by atoms with Gasteiger partial charge in [-0.3, -0.25) is 0 Å². The van der Waals surface area contributed by atoms with Crippen molar-refractivity contribution in [2.45, 2.75) is 13.2 Å². The van der Waals surface area contributed by atoms with E-state index in [1.807, 2.05) is 10.8 Å². The Morgan fingerprint density at radius 3 is 3.12 bits per heavy atom. The van der Waals surface area contributed by atoms with E-state index >= 15 is 0 Å². The van der Waals surface area contributed by atoms with Gasteiger partial charge in [0.2, 0.25) is 0 Å². The lowest BCUT2D eigenvalue weighted by molar-refractivity contribution is -0.139. The summed E-state index contributed by atoms with van der Waals surface area (Å²) in [5.74, 6) is -0.593. The number of carbonyl (C=O) groups is 1. The van der Waals surface area contributed by atoms with Gasteiger partial charge < -0.3 is 15.2 Å². The second-order valence-corrected chi connectivity index (χ2v) is 4.32. The van der Waals surface area contributed by atoms with Crippen LogP contribution in [0.4, 0.5) is 5.69 Å². The number of esters is 1. The molecule has 0 unspecified atom stereocenters. The highest BCUT2D eigenvalue weighted by atomic mass is 35.5. The van der Waals surface area contributed by atoms with Gasteiger partial charge in [0.25, 0.3) is 0 Å². The van der Waals surface area contributed by atoms with Gasteiger partial charge in [-0.1, -0.05) is 11.6 Å². The van der Waals surface area contributed by atoms with Crippen LogP contribution in [0.1, 0.15) is 12.5 Å². The number of rotatable bonds is 2. The number of hydrogen-bond acceptors (Lipinski definition) is 5. The third-order valence-corrected chi connectivity index (χ3v) is 3.35. The maximum absolute atomic E-state index is 11.6. The van der Waals surface area contributed by atoms with Gasteiger partial charge in [0.1, 0.15) is 5.57 Å². The number of fused-ring (bicyclic) bond motifs is 1. The van der Waals surface area contributed by atoms with Crippen LogP contribution in [-0.2, 0) is 9.53 Å². The Morgan fingerprint density at radius 1 is 1.69 bits per heavy atom. The zero-order valence-electron chi connectivity index (χ0n) is 8.49. The van der Waals surface area contributed by atoms with Crippen LogP contribution in [0.2, 0.25) is 0 Å². The van der Waals surface area contributed by atoms with Crippen LogP contribution < -0.4 is 5.32 Å². The van der Waals surface area contributed by atoms with Crippen molar-refractivity contribution < 1.29 is 14.6 Å². The van der Waals surface area contributed by atoms with E-state index in [4.69, 9.17) is 16.3 Å². The highest BCUT2D eigenvalue weighted by Gasteiger charge is 2.30. The van der Waals surface area contributed by atoms with Gasteiger partial charge in [-0.2, -0.15) is 0 Å². The van der Waals surface area contributed by atoms with Crippen molar-refractivity contribution >= 4 is 39.6 Å². The molecule has 2 heterocycles. The maximum Gasteiger partial charge on any atom is 0.340 e. The van der Waals surface area contributed by atoms with E-state index in [2.05, 4.69) is 5.32 Å². The van der Waals surface area contributed by atoms with E-state index in [9.17, 15) is 9.90 Å². The molecular weight excluding hydrogens is 250 g/mol. The van der Waals surface area contributed by atoms with Gasteiger partial charge >= 0.3 is 5.97 Å². The molecule has 0 bridgehead atoms. The molecule has 86 valence electrons. The topological polar surface area (TPSA) is 58.6 Å². The largest absolute Gasteiger partial charge is 0.462 e. The van der Waals surface area contributed by atoms with Crippen molar-refractivity contribution in [1.29, 1.82) is 0 Å². The molecule has 1 aromatic rings. The molecule has 0 spiro atoms. The smallest absolute Gasteiger partial charge is 0.340 e. The normalized spacial score (nSPS) is 19.1. The molecule has 0 aromatic carbocycles. The van der Waals surface area contributed by atoms with E-state index in [-0.39, 0.29) is 17.2 Å². The lowest BCUT2D eigenvalue weighted by Gasteiger charge is -2.23. The van der Waals surface area contributed by atoms with E-state index in [0.717, 1.165) is 11.3 Å². The van der Waals surface area contributed by atoms with Crippen LogP contribution in [0.5, 0.6) is 0 Å². The minimum atomic E-state index is -1.12. The van der Waals surface area contributed by atoms with Crippen LogP contribution in [0.15, 0.2) is 16.3 Å². The monoisotopic (exact) mass is 259 g/mol. The quantitative estimate of drug-likeness (QED) is 0.798. The van der Waals surface area contributed by atoms with Gasteiger partial charge in [-0.15, -0.1) is 11.3 Å². The van der Waals surface area contributed by atoms with Crippen LogP contribution in [0.25, 0.3) is 5.03 Å². The molecule has 2 N–H and O–H groups in total. The van der Waals surface area contributed by atoms with Crippen molar-refractivity contribution in [1.82, 2.24) is 0 Å². The predicted octanol–water partition coefficient (Wildman–Crippen LogP) is 2.00. The molecule has 4 nitrogen and oxygen atoms in total. The minimum absolute atomic E-state index is 0.0643. The zero-order valence-corrected chi connectivity index (χ0v) is 10.1. The van der Waals surface area contributed by atoms with Crippen LogP contribution in [-0.4, -0.2) is 23.9 Å². The summed E-state index contributed by atoms with van der Waals surface area (Å²) in [5, 5.41) is 16.4. The summed E-state index contributed by atoms with van der Waals surface area (Å²) >= 11 is 7.51. The van der Waals surface area contributed by atoms with Crippen LogP contribution in [0, 0.1) is 0 Å². The number of anilines is 1. The number of thiophene rings is 1. The summed E-state index contributed by atoms with van der Waals surface area (Å²) in [7, 11) is 0. The van der Waals surface area contributed by atoms with Crippen molar-refractivity contribution in [3.8, 4) is 0 Å². The van der Waals surface area contributed by atoms with Crippen LogP contribution in [0.3, 0.4) is 0 Å². The Kier molecular flexibility index (Phi) is 3.18. The molecule has 1 aromatic heterocycles. The van der Waals surface area contributed by atoms with E-state index in [0.29, 0.717) is 0 Å². The van der Waals surface area contributed by atoms with Gasteiger partial charge in [0.15, 0.2) is 6.23 Å². The first-order valence-corrected chi connectivity index (χ1v) is 6.05. The van der Waals surface area contributed by atoms with Gasteiger partial charge in [-0.25, -0.2) is 4.79 Å². The van der Waals surface area contributed by atoms with Crippen LogP contribution >= 0.6 is 22.9 Å². The molecule has 0 radical (unpaired) electrons. The molecular formula is C10H10ClNO3S. The Morgan fingerprint density at radius 2 is 2.44 bits per heavy atom. The van der Waals surface area contributed by atoms with Gasteiger partial charge in [0.05, 0.1) is 17.3 Å².